The zero-order valence-electron chi connectivity index (χ0n) is 32.2. The number of nitrogens with two attached hydrogens (primary N) is 1. The highest BCUT2D eigenvalue weighted by atomic mass is 32.1. The molecule has 0 spiro atoms. The molecular weight excluding hydrogens is 709 g/mol. The number of anilines is 1. The maximum Gasteiger partial charge on any atom is 0.265 e. The number of fused-ring (bicyclic) bond motifs is 6. The van der Waals surface area contributed by atoms with E-state index in [-0.39, 0.29) is 5.91 Å². The number of nitrogen functional groups attached to an aromatic ring is 1. The second-order valence-corrected chi connectivity index (χ2v) is 15.0. The quantitative estimate of drug-likeness (QED) is 0.0677. The van der Waals surface area contributed by atoms with E-state index in [2.05, 4.69) is 145 Å². The molecule has 6 aromatic carbocycles. The SMILES string of the molecule is CC(C)C(=S)Nc1ccc2c(c1)Cc1ccccc1-2.CC(C)c1nnc(-c2ccccc2)n1-c1ccc2c(c1)Cc1ccccc1-2.NNC(=O)c1ccccc1. The molecule has 0 saturated heterocycles. The number of rotatable bonds is 6. The molecule has 0 unspecified atom stereocenters. The van der Waals surface area contributed by atoms with E-state index in [4.69, 9.17) is 18.1 Å². The van der Waals surface area contributed by atoms with Crippen LogP contribution in [-0.4, -0.2) is 25.7 Å². The van der Waals surface area contributed by atoms with Crippen LogP contribution in [0.5, 0.6) is 0 Å². The third kappa shape index (κ3) is 8.22. The number of carbonyl (C=O) groups excluding carboxylic acids is 1. The molecule has 8 heteroatoms. The lowest BCUT2D eigenvalue weighted by molar-refractivity contribution is 0.0953. The second kappa shape index (κ2) is 17.1. The van der Waals surface area contributed by atoms with E-state index in [1.54, 1.807) is 24.3 Å². The van der Waals surface area contributed by atoms with Crippen molar-refractivity contribution in [3.05, 3.63) is 179 Å². The first-order valence-corrected chi connectivity index (χ1v) is 19.4. The minimum Gasteiger partial charge on any atom is -0.350 e. The smallest absolute Gasteiger partial charge is 0.265 e. The monoisotopic (exact) mass is 754 g/mol. The fourth-order valence-electron chi connectivity index (χ4n) is 7.15. The molecule has 0 atom stereocenters. The number of aromatic nitrogens is 3. The number of hydrogen-bond donors (Lipinski definition) is 3. The number of carbonyl (C=O) groups is 1. The predicted octanol–water partition coefficient (Wildman–Crippen LogP) is 10.6. The summed E-state index contributed by atoms with van der Waals surface area (Å²) in [4.78, 5) is 11.7. The van der Waals surface area contributed by atoms with Gasteiger partial charge in [0.05, 0.1) is 4.99 Å². The molecule has 0 radical (unpaired) electrons. The van der Waals surface area contributed by atoms with E-state index in [1.165, 1.54) is 44.5 Å². The molecule has 2 aliphatic rings. The molecule has 1 amide bonds. The van der Waals surface area contributed by atoms with Gasteiger partial charge in [0.25, 0.3) is 5.91 Å². The normalized spacial score (nSPS) is 11.6. The van der Waals surface area contributed by atoms with Crippen LogP contribution in [0.3, 0.4) is 0 Å². The van der Waals surface area contributed by atoms with Gasteiger partial charge in [-0.3, -0.25) is 14.8 Å². The number of amides is 1. The highest BCUT2D eigenvalue weighted by Gasteiger charge is 2.22. The predicted molar refractivity (Wildman–Crippen MR) is 233 cm³/mol. The zero-order chi connectivity index (χ0) is 39.2. The van der Waals surface area contributed by atoms with Crippen molar-refractivity contribution in [1.82, 2.24) is 20.2 Å². The summed E-state index contributed by atoms with van der Waals surface area (Å²) in [6, 6.07) is 49.7. The number of hydrazine groups is 1. The van der Waals surface area contributed by atoms with E-state index in [1.807, 2.05) is 29.7 Å². The van der Waals surface area contributed by atoms with Crippen molar-refractivity contribution in [1.29, 1.82) is 0 Å². The number of benzene rings is 6. The largest absolute Gasteiger partial charge is 0.350 e. The average molecular weight is 755 g/mol. The van der Waals surface area contributed by atoms with Crippen LogP contribution in [0.1, 0.15) is 72.0 Å². The number of hydrogen-bond acceptors (Lipinski definition) is 5. The highest BCUT2D eigenvalue weighted by molar-refractivity contribution is 7.80. The highest BCUT2D eigenvalue weighted by Crippen LogP contribution is 2.39. The Bertz CT molecular complexity index is 2490. The summed E-state index contributed by atoms with van der Waals surface area (Å²) in [6.45, 7) is 8.55. The standard InChI is InChI=1S/C24H21N3.C17H17NS.C7H8N2O/c1-16(2)23-25-26-24(17-8-4-3-5-9-17)27(23)20-12-13-22-19(15-20)14-18-10-6-7-11-21(18)22;1-11(2)17(19)18-14-7-8-16-13(10-14)9-12-5-3-4-6-15(12)16;8-9-7(10)6-4-2-1-3-5-6/h3-13,15-16H,14H2,1-2H3;3-8,10-11H,9H2,1-2H3,(H,18,19);1-5H,8H2,(H,9,10). The molecule has 1 heterocycles. The third-order valence-electron chi connectivity index (χ3n) is 10.0. The van der Waals surface area contributed by atoms with E-state index in [9.17, 15) is 4.79 Å². The molecule has 0 fully saturated rings. The van der Waals surface area contributed by atoms with Crippen LogP contribution >= 0.6 is 12.2 Å². The summed E-state index contributed by atoms with van der Waals surface area (Å²) in [6.07, 6.45) is 2.01. The van der Waals surface area contributed by atoms with Gasteiger partial charge in [-0.05, 0) is 93.7 Å². The number of nitrogens with one attached hydrogen (secondary N) is 2. The number of nitrogens with zero attached hydrogens (tertiary/aromatic N) is 3. The maximum atomic E-state index is 10.8. The Hall–Kier alpha value is -6.22. The van der Waals surface area contributed by atoms with Crippen molar-refractivity contribution < 1.29 is 4.79 Å². The van der Waals surface area contributed by atoms with Gasteiger partial charge in [-0.25, -0.2) is 5.84 Å². The van der Waals surface area contributed by atoms with Crippen molar-refractivity contribution in [3.63, 3.8) is 0 Å². The summed E-state index contributed by atoms with van der Waals surface area (Å²) in [5.74, 6) is 7.20. The Kier molecular flexibility index (Phi) is 11.6. The van der Waals surface area contributed by atoms with Crippen molar-refractivity contribution in [2.24, 2.45) is 11.8 Å². The van der Waals surface area contributed by atoms with Crippen LogP contribution in [-0.2, 0) is 12.8 Å². The molecule has 280 valence electrons. The van der Waals surface area contributed by atoms with Crippen LogP contribution in [0.25, 0.3) is 39.3 Å². The molecule has 2 aliphatic carbocycles. The fraction of sp³-hybridized carbons (Fsp3) is 0.167. The lowest BCUT2D eigenvalue weighted by atomic mass is 10.1. The minimum atomic E-state index is -0.263. The Morgan fingerprint density at radius 3 is 1.77 bits per heavy atom. The van der Waals surface area contributed by atoms with E-state index < -0.39 is 0 Å². The Morgan fingerprint density at radius 2 is 1.18 bits per heavy atom. The average Bonchev–Trinajstić information content (AvgIpc) is 3.95. The molecular formula is C48H46N6OS. The Morgan fingerprint density at radius 1 is 0.643 bits per heavy atom. The van der Waals surface area contributed by atoms with Gasteiger partial charge in [0.2, 0.25) is 0 Å². The van der Waals surface area contributed by atoms with Gasteiger partial charge in [0, 0.05) is 34.3 Å². The van der Waals surface area contributed by atoms with Crippen molar-refractivity contribution in [2.75, 3.05) is 5.32 Å². The molecule has 0 aliphatic heterocycles. The molecule has 7 nitrogen and oxygen atoms in total. The molecule has 9 rings (SSSR count). The lowest BCUT2D eigenvalue weighted by Crippen LogP contribution is -2.29. The zero-order valence-corrected chi connectivity index (χ0v) is 33.0. The van der Waals surface area contributed by atoms with Gasteiger partial charge in [-0.15, -0.1) is 10.2 Å². The van der Waals surface area contributed by atoms with Crippen LogP contribution in [0, 0.1) is 5.92 Å². The van der Waals surface area contributed by atoms with Crippen LogP contribution in [0.2, 0.25) is 0 Å². The van der Waals surface area contributed by atoms with Crippen molar-refractivity contribution >= 4 is 28.8 Å². The van der Waals surface area contributed by atoms with Gasteiger partial charge in [-0.2, -0.15) is 0 Å². The fourth-order valence-corrected chi connectivity index (χ4v) is 7.27. The third-order valence-corrected chi connectivity index (χ3v) is 10.6. The Labute approximate surface area is 334 Å². The van der Waals surface area contributed by atoms with E-state index >= 15 is 0 Å². The summed E-state index contributed by atoms with van der Waals surface area (Å²) in [5.41, 5.74) is 16.9. The van der Waals surface area contributed by atoms with Gasteiger partial charge in [0.15, 0.2) is 5.82 Å². The topological polar surface area (TPSA) is 97.9 Å². The first kappa shape index (κ1) is 38.1. The van der Waals surface area contributed by atoms with Crippen molar-refractivity contribution in [2.45, 2.75) is 46.5 Å². The second-order valence-electron chi connectivity index (χ2n) is 14.6. The van der Waals surface area contributed by atoms with E-state index in [0.717, 1.165) is 46.4 Å². The molecule has 0 bridgehead atoms. The summed E-state index contributed by atoms with van der Waals surface area (Å²) in [7, 11) is 0. The first-order chi connectivity index (χ1) is 27.2. The van der Waals surface area contributed by atoms with Gasteiger partial charge >= 0.3 is 0 Å². The van der Waals surface area contributed by atoms with Crippen LogP contribution in [0.15, 0.2) is 146 Å². The van der Waals surface area contributed by atoms with Crippen LogP contribution in [0.4, 0.5) is 5.69 Å². The molecule has 7 aromatic rings. The summed E-state index contributed by atoms with van der Waals surface area (Å²) >= 11 is 5.35. The Balaban J connectivity index is 0.000000144. The summed E-state index contributed by atoms with van der Waals surface area (Å²) < 4.78 is 2.21. The molecule has 56 heavy (non-hydrogen) atoms. The van der Waals surface area contributed by atoms with Crippen LogP contribution < -0.4 is 16.6 Å². The maximum absolute atomic E-state index is 10.8. The van der Waals surface area contributed by atoms with Gasteiger partial charge in [0.1, 0.15) is 5.82 Å². The van der Waals surface area contributed by atoms with Gasteiger partial charge in [-0.1, -0.05) is 149 Å². The molecule has 4 N–H and O–H groups in total. The molecule has 1 aromatic heterocycles. The van der Waals surface area contributed by atoms with Gasteiger partial charge < -0.3 is 5.32 Å². The first-order valence-electron chi connectivity index (χ1n) is 19.0. The van der Waals surface area contributed by atoms with Crippen molar-refractivity contribution in [3.8, 4) is 39.3 Å². The summed E-state index contributed by atoms with van der Waals surface area (Å²) in [5, 5.41) is 12.4. The van der Waals surface area contributed by atoms with E-state index in [0.29, 0.717) is 17.4 Å². The molecule has 0 saturated carbocycles. The lowest BCUT2D eigenvalue weighted by Gasteiger charge is -2.14. The number of thiocarbonyl (C=S) groups is 1. The minimum absolute atomic E-state index is 0.263.